The second-order valence-electron chi connectivity index (χ2n) is 4.73. The molecule has 2 N–H and O–H groups in total. The van der Waals surface area contributed by atoms with E-state index < -0.39 is 0 Å². The van der Waals surface area contributed by atoms with E-state index in [1.165, 1.54) is 19.3 Å². The van der Waals surface area contributed by atoms with E-state index in [-0.39, 0.29) is 0 Å². The maximum absolute atomic E-state index is 5.82. The van der Waals surface area contributed by atoms with E-state index >= 15 is 0 Å². The largest absolute Gasteiger partial charge is 0.383 e. The van der Waals surface area contributed by atoms with Crippen molar-refractivity contribution in [3.63, 3.8) is 0 Å². The highest BCUT2D eigenvalue weighted by molar-refractivity contribution is 5.55. The van der Waals surface area contributed by atoms with Gasteiger partial charge in [0.2, 0.25) is 0 Å². The summed E-state index contributed by atoms with van der Waals surface area (Å²) in [5, 5.41) is 0. The van der Waals surface area contributed by atoms with Gasteiger partial charge in [-0.15, -0.1) is 0 Å². The number of rotatable bonds is 1. The van der Waals surface area contributed by atoms with Crippen LogP contribution in [0.3, 0.4) is 0 Å². The van der Waals surface area contributed by atoms with E-state index in [9.17, 15) is 0 Å². The van der Waals surface area contributed by atoms with Crippen molar-refractivity contribution in [3.05, 3.63) is 11.9 Å². The minimum atomic E-state index is 0.599. The fourth-order valence-electron chi connectivity index (χ4n) is 2.25. The minimum Gasteiger partial charge on any atom is -0.383 e. The molecule has 2 heterocycles. The molecule has 2 rings (SSSR count). The lowest BCUT2D eigenvalue weighted by Crippen LogP contribution is -2.26. The number of nitrogen functional groups attached to an aromatic ring is 1. The van der Waals surface area contributed by atoms with Gasteiger partial charge in [-0.1, -0.05) is 6.92 Å². The summed E-state index contributed by atoms with van der Waals surface area (Å²) in [5.74, 6) is 2.44. The Morgan fingerprint density at radius 3 is 2.94 bits per heavy atom. The molecule has 0 amide bonds. The molecule has 0 saturated carbocycles. The highest BCUT2D eigenvalue weighted by Crippen LogP contribution is 2.24. The molecule has 0 aliphatic carbocycles. The van der Waals surface area contributed by atoms with Gasteiger partial charge in [-0.2, -0.15) is 0 Å². The van der Waals surface area contributed by atoms with Gasteiger partial charge in [0.1, 0.15) is 18.0 Å². The van der Waals surface area contributed by atoms with Crippen LogP contribution < -0.4 is 10.6 Å². The molecule has 0 radical (unpaired) electrons. The molecule has 1 saturated heterocycles. The predicted octanol–water partition coefficient (Wildman–Crippen LogP) is 1.99. The van der Waals surface area contributed by atoms with Crippen LogP contribution in [0.1, 0.15) is 31.7 Å². The maximum Gasteiger partial charge on any atom is 0.137 e. The van der Waals surface area contributed by atoms with Gasteiger partial charge in [0.15, 0.2) is 0 Å². The van der Waals surface area contributed by atoms with E-state index in [4.69, 9.17) is 5.73 Å². The third-order valence-corrected chi connectivity index (χ3v) is 3.41. The van der Waals surface area contributed by atoms with Gasteiger partial charge in [-0.25, -0.2) is 9.97 Å². The fourth-order valence-corrected chi connectivity index (χ4v) is 2.25. The summed E-state index contributed by atoms with van der Waals surface area (Å²) in [6, 6.07) is 0. The number of nitrogens with zero attached hydrogens (tertiary/aromatic N) is 3. The van der Waals surface area contributed by atoms with Crippen LogP contribution in [0, 0.1) is 12.8 Å². The Balaban J connectivity index is 2.20. The van der Waals surface area contributed by atoms with Crippen LogP contribution in [0.5, 0.6) is 0 Å². The third kappa shape index (κ3) is 2.26. The molecule has 1 aromatic heterocycles. The van der Waals surface area contributed by atoms with Crippen molar-refractivity contribution in [3.8, 4) is 0 Å². The molecule has 0 spiro atoms. The van der Waals surface area contributed by atoms with Crippen LogP contribution in [0.15, 0.2) is 6.33 Å². The van der Waals surface area contributed by atoms with E-state index in [0.717, 1.165) is 30.4 Å². The average Bonchev–Trinajstić information content (AvgIpc) is 2.47. The number of aromatic nitrogens is 2. The van der Waals surface area contributed by atoms with Crippen LogP contribution in [0.25, 0.3) is 0 Å². The topological polar surface area (TPSA) is 55.0 Å². The maximum atomic E-state index is 5.82. The van der Waals surface area contributed by atoms with Crippen LogP contribution in [-0.2, 0) is 0 Å². The second kappa shape index (κ2) is 4.68. The standard InChI is InChI=1S/C12H20N4/c1-9-4-3-6-16(7-5-9)12-10(2)11(13)14-8-15-12/h8-9H,3-7H2,1-2H3,(H2,13,14,15). The predicted molar refractivity (Wildman–Crippen MR) is 66.4 cm³/mol. The Kier molecular flexibility index (Phi) is 3.27. The zero-order valence-electron chi connectivity index (χ0n) is 10.1. The molecule has 88 valence electrons. The molecular formula is C12H20N4. The zero-order chi connectivity index (χ0) is 11.5. The van der Waals surface area contributed by atoms with E-state index in [1.807, 2.05) is 6.92 Å². The van der Waals surface area contributed by atoms with Crippen molar-refractivity contribution >= 4 is 11.6 Å². The van der Waals surface area contributed by atoms with Gasteiger partial charge in [-0.3, -0.25) is 0 Å². The molecule has 1 aliphatic heterocycles. The van der Waals surface area contributed by atoms with Crippen molar-refractivity contribution in [1.82, 2.24) is 9.97 Å². The summed E-state index contributed by atoms with van der Waals surface area (Å²) >= 11 is 0. The molecule has 4 nitrogen and oxygen atoms in total. The molecule has 1 unspecified atom stereocenters. The monoisotopic (exact) mass is 220 g/mol. The van der Waals surface area contributed by atoms with Gasteiger partial charge >= 0.3 is 0 Å². The van der Waals surface area contributed by atoms with Crippen molar-refractivity contribution in [2.24, 2.45) is 5.92 Å². The third-order valence-electron chi connectivity index (χ3n) is 3.41. The van der Waals surface area contributed by atoms with Crippen molar-refractivity contribution < 1.29 is 0 Å². The van der Waals surface area contributed by atoms with Crippen molar-refractivity contribution in [2.45, 2.75) is 33.1 Å². The van der Waals surface area contributed by atoms with Gasteiger partial charge in [-0.05, 0) is 32.1 Å². The lowest BCUT2D eigenvalue weighted by molar-refractivity contribution is 0.521. The molecule has 1 atom stereocenters. The SMILES string of the molecule is Cc1c(N)ncnc1N1CCCC(C)CC1. The number of hydrogen-bond donors (Lipinski definition) is 1. The number of nitrogens with two attached hydrogens (primary N) is 1. The van der Waals surface area contributed by atoms with Crippen LogP contribution >= 0.6 is 0 Å². The summed E-state index contributed by atoms with van der Waals surface area (Å²) in [6.45, 7) is 6.49. The highest BCUT2D eigenvalue weighted by Gasteiger charge is 2.17. The first-order chi connectivity index (χ1) is 7.68. The normalized spacial score (nSPS) is 21.9. The van der Waals surface area contributed by atoms with E-state index in [0.29, 0.717) is 5.82 Å². The second-order valence-corrected chi connectivity index (χ2v) is 4.73. The Hall–Kier alpha value is -1.32. The summed E-state index contributed by atoms with van der Waals surface area (Å²) in [6.07, 6.45) is 5.36. The lowest BCUT2D eigenvalue weighted by Gasteiger charge is -2.23. The Morgan fingerprint density at radius 2 is 2.12 bits per heavy atom. The van der Waals surface area contributed by atoms with Gasteiger partial charge in [0.05, 0.1) is 0 Å². The molecule has 0 aromatic carbocycles. The molecule has 1 aromatic rings. The number of anilines is 2. The Bertz CT molecular complexity index is 364. The quantitative estimate of drug-likeness (QED) is 0.786. The Labute approximate surface area is 96.9 Å². The van der Waals surface area contributed by atoms with Crippen LogP contribution in [0.2, 0.25) is 0 Å². The first-order valence-corrected chi connectivity index (χ1v) is 6.00. The molecule has 0 bridgehead atoms. The summed E-state index contributed by atoms with van der Waals surface area (Å²) in [5.41, 5.74) is 6.83. The first kappa shape index (κ1) is 11.2. The molecule has 1 aliphatic rings. The minimum absolute atomic E-state index is 0.599. The summed E-state index contributed by atoms with van der Waals surface area (Å²) in [7, 11) is 0. The van der Waals surface area contributed by atoms with E-state index in [2.05, 4.69) is 21.8 Å². The Morgan fingerprint density at radius 1 is 1.31 bits per heavy atom. The first-order valence-electron chi connectivity index (χ1n) is 6.00. The van der Waals surface area contributed by atoms with Gasteiger partial charge in [0.25, 0.3) is 0 Å². The number of hydrogen-bond acceptors (Lipinski definition) is 4. The lowest BCUT2D eigenvalue weighted by atomic mass is 10.0. The average molecular weight is 220 g/mol. The fraction of sp³-hybridized carbons (Fsp3) is 0.667. The van der Waals surface area contributed by atoms with Crippen molar-refractivity contribution in [2.75, 3.05) is 23.7 Å². The smallest absolute Gasteiger partial charge is 0.137 e. The van der Waals surface area contributed by atoms with Crippen molar-refractivity contribution in [1.29, 1.82) is 0 Å². The summed E-state index contributed by atoms with van der Waals surface area (Å²) < 4.78 is 0. The highest BCUT2D eigenvalue weighted by atomic mass is 15.2. The molecule has 16 heavy (non-hydrogen) atoms. The van der Waals surface area contributed by atoms with E-state index in [1.54, 1.807) is 6.33 Å². The van der Waals surface area contributed by atoms with Gasteiger partial charge in [0, 0.05) is 18.7 Å². The molecular weight excluding hydrogens is 200 g/mol. The molecule has 1 fully saturated rings. The summed E-state index contributed by atoms with van der Waals surface area (Å²) in [4.78, 5) is 10.7. The molecule has 4 heteroatoms. The van der Waals surface area contributed by atoms with Crippen LogP contribution in [-0.4, -0.2) is 23.1 Å². The zero-order valence-corrected chi connectivity index (χ0v) is 10.1. The van der Waals surface area contributed by atoms with Crippen LogP contribution in [0.4, 0.5) is 11.6 Å². The van der Waals surface area contributed by atoms with Gasteiger partial charge < -0.3 is 10.6 Å².